The summed E-state index contributed by atoms with van der Waals surface area (Å²) in [6.45, 7) is 2.82. The van der Waals surface area contributed by atoms with Crippen LogP contribution in [0.15, 0.2) is 12.1 Å². The molecule has 2 rings (SSSR count). The summed E-state index contributed by atoms with van der Waals surface area (Å²) in [6, 6.07) is 2.65. The summed E-state index contributed by atoms with van der Waals surface area (Å²) in [6.07, 6.45) is 0.792. The number of halogens is 2. The highest BCUT2D eigenvalue weighted by Crippen LogP contribution is 2.24. The number of benzene rings is 1. The maximum Gasteiger partial charge on any atom is 0.255 e. The monoisotopic (exact) mass is 271 g/mol. The first kappa shape index (κ1) is 13.3. The van der Waals surface area contributed by atoms with Gasteiger partial charge in [-0.05, 0) is 31.0 Å². The molecule has 0 aliphatic carbocycles. The number of aryl methyl sites for hydroxylation is 1. The van der Waals surface area contributed by atoms with Gasteiger partial charge in [0.25, 0.3) is 5.91 Å². The Kier molecular flexibility index (Phi) is 3.88. The van der Waals surface area contributed by atoms with Gasteiger partial charge in [0.1, 0.15) is 5.82 Å². The second kappa shape index (κ2) is 5.24. The lowest BCUT2D eigenvalue weighted by atomic mass is 10.1. The zero-order valence-electron chi connectivity index (χ0n) is 10.1. The zero-order valence-corrected chi connectivity index (χ0v) is 10.9. The fraction of sp³-hybridized carbons (Fsp3) is 0.462. The predicted molar refractivity (Wildman–Crippen MR) is 67.2 cm³/mol. The summed E-state index contributed by atoms with van der Waals surface area (Å²) in [5.41, 5.74) is 0.731. The standard InChI is InChI=1S/C13H15ClFNO2/c1-8-4-10(11(14)5-12(8)15)13(18)16-3-2-9(6-16)7-17/h4-5,9,17H,2-3,6-7H2,1H3. The molecule has 1 aromatic carbocycles. The highest BCUT2D eigenvalue weighted by atomic mass is 35.5. The van der Waals surface area contributed by atoms with E-state index < -0.39 is 5.82 Å². The van der Waals surface area contributed by atoms with Gasteiger partial charge < -0.3 is 10.0 Å². The van der Waals surface area contributed by atoms with E-state index in [2.05, 4.69) is 0 Å². The van der Waals surface area contributed by atoms with Crippen LogP contribution in [-0.4, -0.2) is 35.6 Å². The van der Waals surface area contributed by atoms with E-state index in [9.17, 15) is 9.18 Å². The molecule has 0 bridgehead atoms. The van der Waals surface area contributed by atoms with Crippen molar-refractivity contribution in [1.29, 1.82) is 0 Å². The van der Waals surface area contributed by atoms with Crippen molar-refractivity contribution in [2.75, 3.05) is 19.7 Å². The molecule has 1 unspecified atom stereocenters. The third-order valence-electron chi connectivity index (χ3n) is 3.31. The van der Waals surface area contributed by atoms with E-state index in [1.165, 1.54) is 12.1 Å². The SMILES string of the molecule is Cc1cc(C(=O)N2CCC(CO)C2)c(Cl)cc1F. The summed E-state index contributed by atoms with van der Waals surface area (Å²) in [4.78, 5) is 13.9. The van der Waals surface area contributed by atoms with E-state index in [-0.39, 0.29) is 23.5 Å². The molecule has 1 aliphatic heterocycles. The maximum absolute atomic E-state index is 13.3. The van der Waals surface area contributed by atoms with Gasteiger partial charge in [0.2, 0.25) is 0 Å². The number of amides is 1. The minimum atomic E-state index is -0.411. The van der Waals surface area contributed by atoms with Gasteiger partial charge in [-0.25, -0.2) is 4.39 Å². The highest BCUT2D eigenvalue weighted by molar-refractivity contribution is 6.33. The minimum Gasteiger partial charge on any atom is -0.396 e. The number of nitrogens with zero attached hydrogens (tertiary/aromatic N) is 1. The largest absolute Gasteiger partial charge is 0.396 e. The quantitative estimate of drug-likeness (QED) is 0.896. The number of rotatable bonds is 2. The van der Waals surface area contributed by atoms with E-state index in [0.717, 1.165) is 6.42 Å². The smallest absolute Gasteiger partial charge is 0.255 e. The molecule has 1 fully saturated rings. The molecule has 1 aromatic rings. The van der Waals surface area contributed by atoms with Crippen molar-refractivity contribution in [1.82, 2.24) is 4.90 Å². The molecule has 0 radical (unpaired) electrons. The third-order valence-corrected chi connectivity index (χ3v) is 3.62. The molecule has 18 heavy (non-hydrogen) atoms. The lowest BCUT2D eigenvalue weighted by Crippen LogP contribution is -2.29. The Morgan fingerprint density at radius 1 is 1.61 bits per heavy atom. The van der Waals surface area contributed by atoms with E-state index in [0.29, 0.717) is 24.2 Å². The molecule has 1 N–H and O–H groups in total. The molecule has 98 valence electrons. The van der Waals surface area contributed by atoms with Gasteiger partial charge in [-0.3, -0.25) is 4.79 Å². The van der Waals surface area contributed by atoms with Gasteiger partial charge in [-0.15, -0.1) is 0 Å². The number of hydrogen-bond acceptors (Lipinski definition) is 2. The number of hydrogen-bond donors (Lipinski definition) is 1. The molecule has 0 saturated carbocycles. The Hall–Kier alpha value is -1.13. The van der Waals surface area contributed by atoms with Crippen LogP contribution in [0.5, 0.6) is 0 Å². The zero-order chi connectivity index (χ0) is 13.3. The number of carbonyl (C=O) groups is 1. The van der Waals surface area contributed by atoms with Crippen LogP contribution >= 0.6 is 11.6 Å². The first-order chi connectivity index (χ1) is 8.52. The molecule has 1 atom stereocenters. The summed E-state index contributed by atoms with van der Waals surface area (Å²) in [5, 5.41) is 9.19. The fourth-order valence-corrected chi connectivity index (χ4v) is 2.39. The fourth-order valence-electron chi connectivity index (χ4n) is 2.16. The minimum absolute atomic E-state index is 0.0833. The normalized spacial score (nSPS) is 19.3. The highest BCUT2D eigenvalue weighted by Gasteiger charge is 2.27. The van der Waals surface area contributed by atoms with Crippen molar-refractivity contribution in [3.8, 4) is 0 Å². The summed E-state index contributed by atoms with van der Waals surface area (Å²) >= 11 is 5.91. The Bertz CT molecular complexity index is 478. The second-order valence-electron chi connectivity index (χ2n) is 4.67. The molecule has 1 amide bonds. The average molecular weight is 272 g/mol. The molecule has 1 saturated heterocycles. The van der Waals surface area contributed by atoms with Gasteiger partial charge in [-0.1, -0.05) is 11.6 Å². The second-order valence-corrected chi connectivity index (χ2v) is 5.08. The van der Waals surface area contributed by atoms with Crippen molar-refractivity contribution in [2.45, 2.75) is 13.3 Å². The van der Waals surface area contributed by atoms with Crippen molar-refractivity contribution in [3.05, 3.63) is 34.1 Å². The number of carbonyl (C=O) groups excluding carboxylic acids is 1. The summed E-state index contributed by atoms with van der Waals surface area (Å²) in [5.74, 6) is -0.473. The van der Waals surface area contributed by atoms with Crippen LogP contribution in [0.25, 0.3) is 0 Å². The molecule has 3 nitrogen and oxygen atoms in total. The van der Waals surface area contributed by atoms with Crippen LogP contribution in [0.4, 0.5) is 4.39 Å². The van der Waals surface area contributed by atoms with Crippen molar-refractivity contribution in [3.63, 3.8) is 0 Å². The van der Waals surface area contributed by atoms with Crippen LogP contribution in [0, 0.1) is 18.7 Å². The molecule has 5 heteroatoms. The molecule has 0 spiro atoms. The molecule has 0 aromatic heterocycles. The van der Waals surface area contributed by atoms with Gasteiger partial charge in [0.05, 0.1) is 10.6 Å². The number of aliphatic hydroxyl groups is 1. The molecular formula is C13H15ClFNO2. The predicted octanol–water partition coefficient (Wildman–Crippen LogP) is 2.24. The van der Waals surface area contributed by atoms with Gasteiger partial charge in [0, 0.05) is 25.6 Å². The van der Waals surface area contributed by atoms with E-state index >= 15 is 0 Å². The van der Waals surface area contributed by atoms with Gasteiger partial charge >= 0.3 is 0 Å². The lowest BCUT2D eigenvalue weighted by Gasteiger charge is -2.17. The van der Waals surface area contributed by atoms with Gasteiger partial charge in [0.15, 0.2) is 0 Å². The van der Waals surface area contributed by atoms with Crippen LogP contribution in [-0.2, 0) is 0 Å². The summed E-state index contributed by atoms with van der Waals surface area (Å²) < 4.78 is 13.3. The molecule has 1 heterocycles. The summed E-state index contributed by atoms with van der Waals surface area (Å²) in [7, 11) is 0. The maximum atomic E-state index is 13.3. The van der Waals surface area contributed by atoms with Crippen LogP contribution in [0.3, 0.4) is 0 Å². The van der Waals surface area contributed by atoms with Crippen molar-refractivity contribution < 1.29 is 14.3 Å². The van der Waals surface area contributed by atoms with Gasteiger partial charge in [-0.2, -0.15) is 0 Å². The molecule has 1 aliphatic rings. The number of likely N-dealkylation sites (tertiary alicyclic amines) is 1. The Morgan fingerprint density at radius 3 is 2.94 bits per heavy atom. The Morgan fingerprint density at radius 2 is 2.33 bits per heavy atom. The van der Waals surface area contributed by atoms with Crippen molar-refractivity contribution >= 4 is 17.5 Å². The third kappa shape index (κ3) is 2.49. The van der Waals surface area contributed by atoms with E-state index in [1.54, 1.807) is 11.8 Å². The van der Waals surface area contributed by atoms with Crippen LogP contribution in [0.2, 0.25) is 5.02 Å². The molecular weight excluding hydrogens is 257 g/mol. The lowest BCUT2D eigenvalue weighted by molar-refractivity contribution is 0.0782. The first-order valence-electron chi connectivity index (χ1n) is 5.88. The number of aliphatic hydroxyl groups excluding tert-OH is 1. The van der Waals surface area contributed by atoms with Crippen LogP contribution < -0.4 is 0 Å². The van der Waals surface area contributed by atoms with E-state index in [4.69, 9.17) is 16.7 Å². The first-order valence-corrected chi connectivity index (χ1v) is 6.26. The topological polar surface area (TPSA) is 40.5 Å². The Balaban J connectivity index is 2.22. The average Bonchev–Trinajstić information content (AvgIpc) is 2.81. The van der Waals surface area contributed by atoms with Crippen LogP contribution in [0.1, 0.15) is 22.3 Å². The van der Waals surface area contributed by atoms with Crippen molar-refractivity contribution in [2.24, 2.45) is 5.92 Å². The Labute approximate surface area is 110 Å². The van der Waals surface area contributed by atoms with E-state index in [1.807, 2.05) is 0 Å².